The third-order valence-electron chi connectivity index (χ3n) is 1.04. The molecule has 0 aromatic rings. The predicted molar refractivity (Wildman–Crippen MR) is 33.8 cm³/mol. The minimum atomic E-state index is -1.68. The lowest BCUT2D eigenvalue weighted by atomic mass is 10.6. The van der Waals surface area contributed by atoms with Crippen LogP contribution in [0.5, 0.6) is 0 Å². The van der Waals surface area contributed by atoms with Gasteiger partial charge in [0, 0.05) is 0 Å². The maximum atomic E-state index is 12.3. The number of rotatable bonds is 3. The Morgan fingerprint density at radius 3 is 2.14 bits per heavy atom. The Morgan fingerprint density at radius 1 is 1.43 bits per heavy atom. The van der Waals surface area contributed by atoms with Crippen molar-refractivity contribution in [2.24, 2.45) is 0 Å². The van der Waals surface area contributed by atoms with Gasteiger partial charge in [0.05, 0.1) is 0 Å². The van der Waals surface area contributed by atoms with Crippen LogP contribution in [0.15, 0.2) is 0 Å². The van der Waals surface area contributed by atoms with Crippen molar-refractivity contribution in [3.63, 3.8) is 0 Å². The molecular weight excluding hydrogens is 107 g/mol. The Kier molecular flexibility index (Phi) is 4.40. The first-order valence-corrected chi connectivity index (χ1v) is 5.02. The van der Waals surface area contributed by atoms with Gasteiger partial charge in [0.25, 0.3) is 0 Å². The number of halogens is 1. The molecule has 0 fully saturated rings. The zero-order valence-electron chi connectivity index (χ0n) is 5.08. The Labute approximate surface area is 46.5 Å². The fraction of sp³-hybridized carbons (Fsp3) is 1.00. The van der Waals surface area contributed by atoms with Crippen LogP contribution in [0, 0.1) is 0 Å². The van der Waals surface area contributed by atoms with Gasteiger partial charge >= 0.3 is 0 Å². The quantitative estimate of drug-likeness (QED) is 0.395. The van der Waals surface area contributed by atoms with Crippen molar-refractivity contribution < 1.29 is 4.11 Å². The topological polar surface area (TPSA) is 0 Å². The van der Waals surface area contributed by atoms with E-state index in [0.717, 1.165) is 18.5 Å². The molecule has 0 aliphatic heterocycles. The fourth-order valence-corrected chi connectivity index (χ4v) is 1.55. The van der Waals surface area contributed by atoms with Crippen molar-refractivity contribution in [2.75, 3.05) is 0 Å². The van der Waals surface area contributed by atoms with Crippen LogP contribution in [-0.4, -0.2) is 9.13 Å². The standard InChI is InChI=1S/C5H13FSi/c1-3-5-7(6)4-2/h7H,3-5H2,1-2H3. The smallest absolute Gasteiger partial charge is 0.231 e. The maximum absolute atomic E-state index is 12.3. The molecule has 0 saturated carbocycles. The molecule has 0 bridgehead atoms. The van der Waals surface area contributed by atoms with Gasteiger partial charge in [0.2, 0.25) is 9.13 Å². The summed E-state index contributed by atoms with van der Waals surface area (Å²) < 4.78 is 12.3. The van der Waals surface area contributed by atoms with Crippen LogP contribution >= 0.6 is 0 Å². The van der Waals surface area contributed by atoms with Gasteiger partial charge in [-0.1, -0.05) is 20.3 Å². The molecular formula is C5H13FSi. The molecule has 0 heterocycles. The van der Waals surface area contributed by atoms with Gasteiger partial charge < -0.3 is 4.11 Å². The Hall–Kier alpha value is 0.147. The fourth-order valence-electron chi connectivity index (χ4n) is 0.517. The van der Waals surface area contributed by atoms with Crippen LogP contribution in [0.4, 0.5) is 4.11 Å². The van der Waals surface area contributed by atoms with Gasteiger partial charge in [-0.3, -0.25) is 0 Å². The van der Waals surface area contributed by atoms with Gasteiger partial charge in [0.1, 0.15) is 0 Å². The van der Waals surface area contributed by atoms with E-state index in [1.807, 2.05) is 13.8 Å². The van der Waals surface area contributed by atoms with E-state index < -0.39 is 9.13 Å². The minimum Gasteiger partial charge on any atom is -0.318 e. The van der Waals surface area contributed by atoms with E-state index in [1.54, 1.807) is 0 Å². The predicted octanol–water partition coefficient (Wildman–Crippen LogP) is 2.11. The second-order valence-electron chi connectivity index (χ2n) is 1.79. The monoisotopic (exact) mass is 120 g/mol. The highest BCUT2D eigenvalue weighted by atomic mass is 28.3. The van der Waals surface area contributed by atoms with Crippen LogP contribution in [0.3, 0.4) is 0 Å². The van der Waals surface area contributed by atoms with Crippen LogP contribution in [-0.2, 0) is 0 Å². The lowest BCUT2D eigenvalue weighted by Crippen LogP contribution is -1.99. The van der Waals surface area contributed by atoms with E-state index in [1.165, 1.54) is 0 Å². The summed E-state index contributed by atoms with van der Waals surface area (Å²) >= 11 is 0. The molecule has 0 nitrogen and oxygen atoms in total. The lowest BCUT2D eigenvalue weighted by molar-refractivity contribution is 0.796. The van der Waals surface area contributed by atoms with E-state index in [4.69, 9.17) is 0 Å². The van der Waals surface area contributed by atoms with Crippen LogP contribution < -0.4 is 0 Å². The highest BCUT2D eigenvalue weighted by Crippen LogP contribution is 2.01. The van der Waals surface area contributed by atoms with Crippen LogP contribution in [0.1, 0.15) is 20.3 Å². The Bertz CT molecular complexity index is 39.1. The van der Waals surface area contributed by atoms with Crippen molar-refractivity contribution >= 4 is 9.13 Å². The molecule has 1 unspecified atom stereocenters. The molecule has 0 spiro atoms. The molecule has 0 radical (unpaired) electrons. The molecule has 0 aliphatic rings. The van der Waals surface area contributed by atoms with E-state index in [2.05, 4.69) is 0 Å². The van der Waals surface area contributed by atoms with Crippen molar-refractivity contribution in [1.29, 1.82) is 0 Å². The van der Waals surface area contributed by atoms with Crippen molar-refractivity contribution in [1.82, 2.24) is 0 Å². The minimum absolute atomic E-state index is 0.813. The summed E-state index contributed by atoms with van der Waals surface area (Å²) in [5, 5.41) is 0. The van der Waals surface area contributed by atoms with Gasteiger partial charge in [-0.2, -0.15) is 0 Å². The van der Waals surface area contributed by atoms with Crippen molar-refractivity contribution in [3.05, 3.63) is 0 Å². The van der Waals surface area contributed by atoms with E-state index in [9.17, 15) is 4.11 Å². The van der Waals surface area contributed by atoms with Gasteiger partial charge in [-0.15, -0.1) is 0 Å². The van der Waals surface area contributed by atoms with Gasteiger partial charge in [-0.25, -0.2) is 0 Å². The molecule has 7 heavy (non-hydrogen) atoms. The van der Waals surface area contributed by atoms with E-state index >= 15 is 0 Å². The largest absolute Gasteiger partial charge is 0.318 e. The SMILES string of the molecule is CCC[SiH](F)CC. The summed E-state index contributed by atoms with van der Waals surface area (Å²) in [6, 6.07) is 1.68. The summed E-state index contributed by atoms with van der Waals surface area (Å²) in [6.07, 6.45) is 1.03. The third kappa shape index (κ3) is 3.99. The Morgan fingerprint density at radius 2 is 2.00 bits per heavy atom. The highest BCUT2D eigenvalue weighted by Gasteiger charge is 2.01. The van der Waals surface area contributed by atoms with E-state index in [-0.39, 0.29) is 0 Å². The molecule has 0 N–H and O–H groups in total. The molecule has 0 rings (SSSR count). The Balaban J connectivity index is 2.83. The van der Waals surface area contributed by atoms with Crippen LogP contribution in [0.2, 0.25) is 12.1 Å². The molecule has 2 heteroatoms. The molecule has 0 amide bonds. The summed E-state index contributed by atoms with van der Waals surface area (Å²) in [5.41, 5.74) is 0. The summed E-state index contributed by atoms with van der Waals surface area (Å²) in [5.74, 6) is 0. The average Bonchev–Trinajstić information content (AvgIpc) is 1.68. The molecule has 0 saturated heterocycles. The first-order chi connectivity index (χ1) is 3.31. The van der Waals surface area contributed by atoms with Gasteiger partial charge in [-0.05, 0) is 12.1 Å². The van der Waals surface area contributed by atoms with Gasteiger partial charge in [0.15, 0.2) is 0 Å². The van der Waals surface area contributed by atoms with Crippen molar-refractivity contribution in [2.45, 2.75) is 32.4 Å². The summed E-state index contributed by atoms with van der Waals surface area (Å²) in [7, 11) is -1.68. The zero-order chi connectivity index (χ0) is 5.70. The second-order valence-corrected chi connectivity index (χ2v) is 4.38. The number of hydrogen-bond acceptors (Lipinski definition) is 0. The summed E-state index contributed by atoms with van der Waals surface area (Å²) in [4.78, 5) is 0. The molecule has 44 valence electrons. The lowest BCUT2D eigenvalue weighted by Gasteiger charge is -1.95. The second kappa shape index (κ2) is 4.31. The molecule has 0 aromatic carbocycles. The summed E-state index contributed by atoms with van der Waals surface area (Å²) in [6.45, 7) is 3.97. The maximum Gasteiger partial charge on any atom is 0.231 e. The first-order valence-electron chi connectivity index (χ1n) is 2.95. The molecule has 0 aromatic heterocycles. The average molecular weight is 120 g/mol. The van der Waals surface area contributed by atoms with Crippen LogP contribution in [0.25, 0.3) is 0 Å². The number of hydrogen-bond donors (Lipinski definition) is 0. The van der Waals surface area contributed by atoms with Crippen molar-refractivity contribution in [3.8, 4) is 0 Å². The normalized spacial score (nSPS) is 14.1. The molecule has 1 atom stereocenters. The van der Waals surface area contributed by atoms with E-state index in [0.29, 0.717) is 0 Å². The highest BCUT2D eigenvalue weighted by molar-refractivity contribution is 6.50. The third-order valence-corrected chi connectivity index (χ3v) is 3.13. The first kappa shape index (κ1) is 7.15. The zero-order valence-corrected chi connectivity index (χ0v) is 6.23. The molecule has 0 aliphatic carbocycles.